The lowest BCUT2D eigenvalue weighted by atomic mass is 10.1. The Bertz CT molecular complexity index is 1190. The molecule has 0 aliphatic heterocycles. The smallest absolute Gasteiger partial charge is 0.262 e. The molecule has 0 saturated carbocycles. The van der Waals surface area contributed by atoms with Crippen LogP contribution in [0.1, 0.15) is 16.7 Å². The van der Waals surface area contributed by atoms with Gasteiger partial charge in [0.1, 0.15) is 11.4 Å². The molecule has 4 rings (SSSR count). The number of aromatic nitrogens is 2. The molecule has 2 heterocycles. The molecule has 29 heavy (non-hydrogen) atoms. The molecule has 146 valence electrons. The zero-order chi connectivity index (χ0) is 20.4. The van der Waals surface area contributed by atoms with E-state index in [9.17, 15) is 4.79 Å². The van der Waals surface area contributed by atoms with Crippen molar-refractivity contribution in [2.75, 3.05) is 11.9 Å². The van der Waals surface area contributed by atoms with E-state index in [1.54, 1.807) is 0 Å². The Labute approximate surface area is 170 Å². The minimum atomic E-state index is -0.200. The van der Waals surface area contributed by atoms with E-state index in [4.69, 9.17) is 4.74 Å². The third-order valence-electron chi connectivity index (χ3n) is 4.95. The lowest BCUT2D eigenvalue weighted by molar-refractivity contribution is -0.118. The Kier molecular flexibility index (Phi) is 5.04. The highest BCUT2D eigenvalue weighted by Gasteiger charge is 2.09. The molecule has 0 fully saturated rings. The molecule has 2 aromatic heterocycles. The molecule has 0 aliphatic carbocycles. The Hall–Kier alpha value is -3.60. The van der Waals surface area contributed by atoms with Crippen LogP contribution < -0.4 is 10.1 Å². The number of hydrogen-bond donors (Lipinski definition) is 1. The number of nitrogens with zero attached hydrogens (tertiary/aromatic N) is 2. The predicted octanol–water partition coefficient (Wildman–Crippen LogP) is 4.94. The monoisotopic (exact) mass is 385 g/mol. The third-order valence-corrected chi connectivity index (χ3v) is 4.95. The fraction of sp³-hybridized carbons (Fsp3) is 0.167. The Morgan fingerprint density at radius 3 is 2.72 bits per heavy atom. The number of fused-ring (bicyclic) bond motifs is 1. The van der Waals surface area contributed by atoms with Gasteiger partial charge in [-0.25, -0.2) is 4.98 Å². The zero-order valence-electron chi connectivity index (χ0n) is 16.8. The lowest BCUT2D eigenvalue weighted by Gasteiger charge is -2.11. The minimum Gasteiger partial charge on any atom is -0.483 e. The summed E-state index contributed by atoms with van der Waals surface area (Å²) in [7, 11) is 0. The molecule has 0 unspecified atom stereocenters. The van der Waals surface area contributed by atoms with Gasteiger partial charge in [-0.05, 0) is 61.7 Å². The van der Waals surface area contributed by atoms with E-state index in [0.29, 0.717) is 5.69 Å². The van der Waals surface area contributed by atoms with Crippen molar-refractivity contribution in [3.63, 3.8) is 0 Å². The minimum absolute atomic E-state index is 0.0395. The second kappa shape index (κ2) is 7.80. The van der Waals surface area contributed by atoms with Crippen LogP contribution in [0.15, 0.2) is 67.0 Å². The first-order valence-electron chi connectivity index (χ1n) is 9.54. The molecule has 0 bridgehead atoms. The molecule has 5 nitrogen and oxygen atoms in total. The molecular weight excluding hydrogens is 362 g/mol. The molecule has 1 amide bonds. The predicted molar refractivity (Wildman–Crippen MR) is 115 cm³/mol. The van der Waals surface area contributed by atoms with Gasteiger partial charge in [-0.15, -0.1) is 0 Å². The van der Waals surface area contributed by atoms with Gasteiger partial charge in [-0.2, -0.15) is 0 Å². The molecule has 0 saturated heterocycles. The van der Waals surface area contributed by atoms with E-state index in [1.807, 2.05) is 85.2 Å². The summed E-state index contributed by atoms with van der Waals surface area (Å²) in [6.45, 7) is 6.02. The second-order valence-corrected chi connectivity index (χ2v) is 7.21. The maximum absolute atomic E-state index is 12.4. The molecule has 0 atom stereocenters. The molecule has 1 N–H and O–H groups in total. The topological polar surface area (TPSA) is 55.6 Å². The molecule has 5 heteroatoms. The largest absolute Gasteiger partial charge is 0.483 e. The van der Waals surface area contributed by atoms with Crippen molar-refractivity contribution in [2.24, 2.45) is 0 Å². The number of anilines is 1. The number of rotatable bonds is 5. The van der Waals surface area contributed by atoms with Crippen molar-refractivity contribution >= 4 is 17.2 Å². The SMILES string of the molecule is Cc1ccc2nc(-c3cccc(NC(=O)COc4cccc(C)c4C)c3)cn2c1. The van der Waals surface area contributed by atoms with E-state index in [1.165, 1.54) is 5.56 Å². The number of ether oxygens (including phenoxy) is 1. The van der Waals surface area contributed by atoms with E-state index >= 15 is 0 Å². The van der Waals surface area contributed by atoms with Gasteiger partial charge in [0.15, 0.2) is 6.61 Å². The summed E-state index contributed by atoms with van der Waals surface area (Å²) in [6.07, 6.45) is 4.04. The van der Waals surface area contributed by atoms with E-state index in [2.05, 4.69) is 17.2 Å². The summed E-state index contributed by atoms with van der Waals surface area (Å²) in [5.41, 5.74) is 6.76. The summed E-state index contributed by atoms with van der Waals surface area (Å²) in [5.74, 6) is 0.530. The normalized spacial score (nSPS) is 10.9. The van der Waals surface area contributed by atoms with Crippen molar-refractivity contribution in [2.45, 2.75) is 20.8 Å². The number of carbonyl (C=O) groups excluding carboxylic acids is 1. The quantitative estimate of drug-likeness (QED) is 0.529. The van der Waals surface area contributed by atoms with Crippen LogP contribution in [-0.4, -0.2) is 21.9 Å². The average Bonchev–Trinajstić information content (AvgIpc) is 3.12. The maximum atomic E-state index is 12.4. The average molecular weight is 385 g/mol. The highest BCUT2D eigenvalue weighted by atomic mass is 16.5. The van der Waals surface area contributed by atoms with Gasteiger partial charge in [0.25, 0.3) is 5.91 Å². The summed E-state index contributed by atoms with van der Waals surface area (Å²) < 4.78 is 7.70. The number of carbonyl (C=O) groups is 1. The molecule has 0 spiro atoms. The molecule has 0 aliphatic rings. The number of pyridine rings is 1. The molecule has 0 radical (unpaired) electrons. The summed E-state index contributed by atoms with van der Waals surface area (Å²) in [5, 5.41) is 2.90. The Balaban J connectivity index is 1.46. The van der Waals surface area contributed by atoms with E-state index in [0.717, 1.165) is 33.8 Å². The number of amides is 1. The van der Waals surface area contributed by atoms with Crippen LogP contribution in [0.3, 0.4) is 0 Å². The van der Waals surface area contributed by atoms with Gasteiger partial charge in [-0.1, -0.05) is 30.3 Å². The van der Waals surface area contributed by atoms with Gasteiger partial charge in [0.2, 0.25) is 0 Å². The maximum Gasteiger partial charge on any atom is 0.262 e. The summed E-state index contributed by atoms with van der Waals surface area (Å²) in [6, 6.07) is 17.5. The van der Waals surface area contributed by atoms with Crippen LogP contribution in [-0.2, 0) is 4.79 Å². The standard InChI is InChI=1S/C24H23N3O2/c1-16-10-11-23-26-21(14-27(23)13-16)19-7-5-8-20(12-19)25-24(28)15-29-22-9-4-6-17(2)18(22)3/h4-14H,15H2,1-3H3,(H,25,28). The van der Waals surface area contributed by atoms with Crippen molar-refractivity contribution in [1.82, 2.24) is 9.38 Å². The zero-order valence-corrected chi connectivity index (χ0v) is 16.8. The Morgan fingerprint density at radius 1 is 1.03 bits per heavy atom. The first-order chi connectivity index (χ1) is 14.0. The summed E-state index contributed by atoms with van der Waals surface area (Å²) in [4.78, 5) is 17.0. The molecule has 2 aromatic carbocycles. The van der Waals surface area contributed by atoms with E-state index < -0.39 is 0 Å². The number of benzene rings is 2. The highest BCUT2D eigenvalue weighted by Crippen LogP contribution is 2.23. The van der Waals surface area contributed by atoms with Gasteiger partial charge >= 0.3 is 0 Å². The number of nitrogens with one attached hydrogen (secondary N) is 1. The van der Waals surface area contributed by atoms with Crippen LogP contribution in [0.5, 0.6) is 5.75 Å². The van der Waals surface area contributed by atoms with Crippen LogP contribution >= 0.6 is 0 Å². The number of aryl methyl sites for hydroxylation is 2. The molecular formula is C24H23N3O2. The van der Waals surface area contributed by atoms with Gasteiger partial charge in [0.05, 0.1) is 5.69 Å². The Morgan fingerprint density at radius 2 is 1.86 bits per heavy atom. The lowest BCUT2D eigenvalue weighted by Crippen LogP contribution is -2.20. The first-order valence-corrected chi connectivity index (χ1v) is 9.54. The fourth-order valence-electron chi connectivity index (χ4n) is 3.22. The van der Waals surface area contributed by atoms with Gasteiger partial charge < -0.3 is 14.5 Å². The van der Waals surface area contributed by atoms with Crippen molar-refractivity contribution in [3.8, 4) is 17.0 Å². The third kappa shape index (κ3) is 4.14. The van der Waals surface area contributed by atoms with Gasteiger partial charge in [0, 0.05) is 23.6 Å². The van der Waals surface area contributed by atoms with Crippen LogP contribution in [0.25, 0.3) is 16.9 Å². The van der Waals surface area contributed by atoms with Crippen molar-refractivity contribution in [1.29, 1.82) is 0 Å². The van der Waals surface area contributed by atoms with Crippen LogP contribution in [0, 0.1) is 20.8 Å². The highest BCUT2D eigenvalue weighted by molar-refractivity contribution is 5.92. The van der Waals surface area contributed by atoms with E-state index in [-0.39, 0.29) is 12.5 Å². The summed E-state index contributed by atoms with van der Waals surface area (Å²) >= 11 is 0. The first kappa shape index (κ1) is 18.7. The number of hydrogen-bond acceptors (Lipinski definition) is 3. The van der Waals surface area contributed by atoms with Crippen molar-refractivity contribution < 1.29 is 9.53 Å². The molecule has 4 aromatic rings. The number of imidazole rings is 1. The fourth-order valence-corrected chi connectivity index (χ4v) is 3.22. The van der Waals surface area contributed by atoms with Gasteiger partial charge in [-0.3, -0.25) is 4.79 Å². The van der Waals surface area contributed by atoms with Crippen LogP contribution in [0.4, 0.5) is 5.69 Å². The van der Waals surface area contributed by atoms with Crippen molar-refractivity contribution in [3.05, 3.63) is 83.7 Å². The second-order valence-electron chi connectivity index (χ2n) is 7.21. The van der Waals surface area contributed by atoms with Crippen LogP contribution in [0.2, 0.25) is 0 Å².